The lowest BCUT2D eigenvalue weighted by Crippen LogP contribution is -2.14. The van der Waals surface area contributed by atoms with E-state index in [0.29, 0.717) is 6.04 Å². The first-order chi connectivity index (χ1) is 9.84. The minimum atomic E-state index is 0.378. The molecule has 1 aromatic carbocycles. The summed E-state index contributed by atoms with van der Waals surface area (Å²) in [6, 6.07) is 8.80. The second kappa shape index (κ2) is 4.49. The number of benzene rings is 1. The summed E-state index contributed by atoms with van der Waals surface area (Å²) in [7, 11) is 0. The van der Waals surface area contributed by atoms with Crippen molar-refractivity contribution in [2.24, 2.45) is 0 Å². The molecule has 0 spiro atoms. The molecule has 4 nitrogen and oxygen atoms in total. The van der Waals surface area contributed by atoms with E-state index in [1.807, 2.05) is 0 Å². The molecule has 0 saturated carbocycles. The van der Waals surface area contributed by atoms with Crippen molar-refractivity contribution in [1.82, 2.24) is 20.5 Å². The van der Waals surface area contributed by atoms with Gasteiger partial charge in [0.2, 0.25) is 0 Å². The normalized spacial score (nSPS) is 18.9. The molecule has 3 heterocycles. The van der Waals surface area contributed by atoms with E-state index in [0.717, 1.165) is 17.9 Å². The van der Waals surface area contributed by atoms with Crippen LogP contribution in [0.3, 0.4) is 0 Å². The Kier molecular flexibility index (Phi) is 2.63. The van der Waals surface area contributed by atoms with Crippen LogP contribution in [0.15, 0.2) is 30.5 Å². The number of aromatic nitrogens is 3. The van der Waals surface area contributed by atoms with Crippen LogP contribution in [0.5, 0.6) is 0 Å². The zero-order valence-corrected chi connectivity index (χ0v) is 11.5. The van der Waals surface area contributed by atoms with E-state index >= 15 is 0 Å². The number of para-hydroxylation sites is 1. The molecule has 0 radical (unpaired) electrons. The Bertz CT molecular complexity index is 747. The third-order valence-corrected chi connectivity index (χ3v) is 4.22. The number of fused-ring (bicyclic) bond motifs is 1. The smallest absolute Gasteiger partial charge is 0.0873 e. The summed E-state index contributed by atoms with van der Waals surface area (Å²) in [5.41, 5.74) is 5.97. The van der Waals surface area contributed by atoms with E-state index < -0.39 is 0 Å². The summed E-state index contributed by atoms with van der Waals surface area (Å²) in [6.07, 6.45) is 4.49. The molecular weight excluding hydrogens is 248 g/mol. The van der Waals surface area contributed by atoms with E-state index in [4.69, 9.17) is 0 Å². The first kappa shape index (κ1) is 11.7. The summed E-state index contributed by atoms with van der Waals surface area (Å²) in [4.78, 5) is 3.36. The summed E-state index contributed by atoms with van der Waals surface area (Å²) < 4.78 is 0. The van der Waals surface area contributed by atoms with Crippen LogP contribution in [0.4, 0.5) is 0 Å². The predicted molar refractivity (Wildman–Crippen MR) is 80.6 cm³/mol. The van der Waals surface area contributed by atoms with Crippen molar-refractivity contribution in [2.75, 3.05) is 6.54 Å². The molecule has 0 amide bonds. The molecular formula is C16H18N4. The van der Waals surface area contributed by atoms with Crippen LogP contribution < -0.4 is 5.32 Å². The average molecular weight is 266 g/mol. The fourth-order valence-corrected chi connectivity index (χ4v) is 3.24. The molecule has 102 valence electrons. The number of hydrogen-bond donors (Lipinski definition) is 3. The van der Waals surface area contributed by atoms with Gasteiger partial charge in [0.1, 0.15) is 0 Å². The molecule has 4 rings (SSSR count). The van der Waals surface area contributed by atoms with Crippen molar-refractivity contribution in [3.63, 3.8) is 0 Å². The van der Waals surface area contributed by atoms with Crippen molar-refractivity contribution in [3.05, 3.63) is 41.9 Å². The topological polar surface area (TPSA) is 56.5 Å². The van der Waals surface area contributed by atoms with Crippen molar-refractivity contribution in [3.8, 4) is 11.1 Å². The molecule has 3 N–H and O–H groups in total. The third-order valence-electron chi connectivity index (χ3n) is 4.22. The minimum Gasteiger partial charge on any atom is -0.361 e. The van der Waals surface area contributed by atoms with Crippen LogP contribution in [0.2, 0.25) is 0 Å². The predicted octanol–water partition coefficient (Wildman–Crippen LogP) is 3.29. The summed E-state index contributed by atoms with van der Waals surface area (Å²) in [5, 5.41) is 12.5. The van der Waals surface area contributed by atoms with Gasteiger partial charge in [-0.3, -0.25) is 5.10 Å². The lowest BCUT2D eigenvalue weighted by Gasteiger charge is -2.10. The molecule has 1 fully saturated rings. The fraction of sp³-hybridized carbons (Fsp3) is 0.312. The molecule has 1 unspecified atom stereocenters. The standard InChI is InChI=1S/C16H18N4/c1-10-15(16(20-19-10)14-7-4-8-17-14)12-9-18-13-6-3-2-5-11(12)13/h2-3,5-6,9,14,17-18H,4,7-8H2,1H3,(H,19,20). The molecule has 1 aliphatic rings. The number of nitrogens with one attached hydrogen (secondary N) is 3. The summed E-state index contributed by atoms with van der Waals surface area (Å²) in [5.74, 6) is 0. The zero-order valence-electron chi connectivity index (χ0n) is 11.5. The van der Waals surface area contributed by atoms with Crippen molar-refractivity contribution in [1.29, 1.82) is 0 Å². The maximum absolute atomic E-state index is 4.56. The van der Waals surface area contributed by atoms with Crippen molar-refractivity contribution < 1.29 is 0 Å². The number of H-pyrrole nitrogens is 2. The van der Waals surface area contributed by atoms with E-state index in [-0.39, 0.29) is 0 Å². The van der Waals surface area contributed by atoms with Crippen LogP contribution in [0.25, 0.3) is 22.0 Å². The molecule has 0 bridgehead atoms. The SMILES string of the molecule is Cc1[nH]nc(C2CCCN2)c1-c1c[nH]c2ccccc12. The van der Waals surface area contributed by atoms with Gasteiger partial charge < -0.3 is 10.3 Å². The Hall–Kier alpha value is -2.07. The Morgan fingerprint density at radius 3 is 3.00 bits per heavy atom. The van der Waals surface area contributed by atoms with Crippen LogP contribution in [0, 0.1) is 6.92 Å². The fourth-order valence-electron chi connectivity index (χ4n) is 3.24. The number of hydrogen-bond acceptors (Lipinski definition) is 2. The molecule has 0 aliphatic carbocycles. The molecule has 1 aliphatic heterocycles. The van der Waals surface area contributed by atoms with Crippen LogP contribution in [-0.4, -0.2) is 21.7 Å². The van der Waals surface area contributed by atoms with Crippen LogP contribution >= 0.6 is 0 Å². The number of aryl methyl sites for hydroxylation is 1. The van der Waals surface area contributed by atoms with E-state index in [9.17, 15) is 0 Å². The second-order valence-corrected chi connectivity index (χ2v) is 5.51. The third kappa shape index (κ3) is 1.68. The number of nitrogens with zero attached hydrogens (tertiary/aromatic N) is 1. The van der Waals surface area contributed by atoms with E-state index in [2.05, 4.69) is 57.9 Å². The highest BCUT2D eigenvalue weighted by molar-refractivity contribution is 5.96. The lowest BCUT2D eigenvalue weighted by molar-refractivity contribution is 0.626. The number of rotatable bonds is 2. The van der Waals surface area contributed by atoms with Crippen molar-refractivity contribution >= 4 is 10.9 Å². The molecule has 1 atom stereocenters. The van der Waals surface area contributed by atoms with Crippen molar-refractivity contribution in [2.45, 2.75) is 25.8 Å². The van der Waals surface area contributed by atoms with Crippen LogP contribution in [-0.2, 0) is 0 Å². The van der Waals surface area contributed by atoms with Gasteiger partial charge in [0.25, 0.3) is 0 Å². The van der Waals surface area contributed by atoms with Gasteiger partial charge in [-0.2, -0.15) is 5.10 Å². The minimum absolute atomic E-state index is 0.378. The molecule has 2 aromatic heterocycles. The van der Waals surface area contributed by atoms with Gasteiger partial charge in [0.15, 0.2) is 0 Å². The monoisotopic (exact) mass is 266 g/mol. The highest BCUT2D eigenvalue weighted by Gasteiger charge is 2.25. The first-order valence-electron chi connectivity index (χ1n) is 7.19. The van der Waals surface area contributed by atoms with E-state index in [1.165, 1.54) is 34.9 Å². The van der Waals surface area contributed by atoms with Gasteiger partial charge in [-0.25, -0.2) is 0 Å². The molecule has 1 saturated heterocycles. The lowest BCUT2D eigenvalue weighted by atomic mass is 9.98. The van der Waals surface area contributed by atoms with Crippen LogP contribution in [0.1, 0.15) is 30.3 Å². The maximum atomic E-state index is 4.56. The van der Waals surface area contributed by atoms with Gasteiger partial charge in [0.05, 0.1) is 11.7 Å². The quantitative estimate of drug-likeness (QED) is 0.666. The second-order valence-electron chi connectivity index (χ2n) is 5.51. The Morgan fingerprint density at radius 2 is 2.15 bits per heavy atom. The Labute approximate surface area is 117 Å². The highest BCUT2D eigenvalue weighted by Crippen LogP contribution is 2.36. The Morgan fingerprint density at radius 1 is 1.25 bits per heavy atom. The Balaban J connectivity index is 1.91. The summed E-state index contributed by atoms with van der Waals surface area (Å²) in [6.45, 7) is 3.19. The largest absolute Gasteiger partial charge is 0.361 e. The number of aromatic amines is 2. The van der Waals surface area contributed by atoms with Gasteiger partial charge in [-0.15, -0.1) is 0 Å². The maximum Gasteiger partial charge on any atom is 0.0873 e. The van der Waals surface area contributed by atoms with Gasteiger partial charge in [-0.05, 0) is 32.4 Å². The average Bonchev–Trinajstić information content (AvgIpc) is 3.16. The molecule has 20 heavy (non-hydrogen) atoms. The first-order valence-corrected chi connectivity index (χ1v) is 7.19. The van der Waals surface area contributed by atoms with Gasteiger partial charge in [0, 0.05) is 33.9 Å². The highest BCUT2D eigenvalue weighted by atomic mass is 15.1. The van der Waals surface area contributed by atoms with Gasteiger partial charge in [-0.1, -0.05) is 18.2 Å². The zero-order chi connectivity index (χ0) is 13.5. The molecule has 3 aromatic rings. The van der Waals surface area contributed by atoms with E-state index in [1.54, 1.807) is 0 Å². The summed E-state index contributed by atoms with van der Waals surface area (Å²) >= 11 is 0. The van der Waals surface area contributed by atoms with Gasteiger partial charge >= 0.3 is 0 Å². The molecule has 4 heteroatoms.